The molecule has 0 amide bonds. The fourth-order valence-electron chi connectivity index (χ4n) is 1.63. The molecule has 3 heteroatoms. The van der Waals surface area contributed by atoms with Gasteiger partial charge in [-0.3, -0.25) is 0 Å². The van der Waals surface area contributed by atoms with Crippen molar-refractivity contribution in [1.82, 2.24) is 5.32 Å². The summed E-state index contributed by atoms with van der Waals surface area (Å²) in [5, 5.41) is 4.69. The lowest BCUT2D eigenvalue weighted by Gasteiger charge is -2.18. The molecule has 1 aliphatic rings. The Labute approximate surface area is 91.5 Å². The van der Waals surface area contributed by atoms with E-state index in [4.69, 9.17) is 4.74 Å². The molecule has 1 saturated heterocycles. The molecule has 0 bridgehead atoms. The van der Waals surface area contributed by atoms with Gasteiger partial charge in [0.25, 0.3) is 0 Å². The van der Waals surface area contributed by atoms with Crippen LogP contribution in [0.3, 0.4) is 0 Å². The summed E-state index contributed by atoms with van der Waals surface area (Å²) in [6.07, 6.45) is 3.54. The van der Waals surface area contributed by atoms with E-state index in [9.17, 15) is 0 Å². The van der Waals surface area contributed by atoms with Crippen LogP contribution in [0.25, 0.3) is 0 Å². The largest absolute Gasteiger partial charge is 0.377 e. The molecule has 2 nitrogen and oxygen atoms in total. The van der Waals surface area contributed by atoms with Crippen LogP contribution < -0.4 is 5.32 Å². The summed E-state index contributed by atoms with van der Waals surface area (Å²) in [4.78, 5) is 0. The van der Waals surface area contributed by atoms with E-state index >= 15 is 0 Å². The SMILES string of the molecule is C=CCNCC(C)SC1CCOC1C. The summed E-state index contributed by atoms with van der Waals surface area (Å²) < 4.78 is 5.53. The molecule has 1 fully saturated rings. The highest BCUT2D eigenvalue weighted by Crippen LogP contribution is 2.29. The molecule has 0 aromatic heterocycles. The van der Waals surface area contributed by atoms with Crippen molar-refractivity contribution in [1.29, 1.82) is 0 Å². The number of rotatable bonds is 6. The van der Waals surface area contributed by atoms with Crippen LogP contribution in [0.5, 0.6) is 0 Å². The zero-order valence-electron chi connectivity index (χ0n) is 9.16. The Balaban J connectivity index is 2.12. The highest BCUT2D eigenvalue weighted by atomic mass is 32.2. The topological polar surface area (TPSA) is 21.3 Å². The predicted octanol–water partition coefficient (Wildman–Crippen LogP) is 2.06. The van der Waals surface area contributed by atoms with E-state index in [2.05, 4.69) is 25.7 Å². The van der Waals surface area contributed by atoms with Gasteiger partial charge in [0.05, 0.1) is 6.10 Å². The lowest BCUT2D eigenvalue weighted by atomic mass is 10.3. The first-order valence-electron chi connectivity index (χ1n) is 5.32. The highest BCUT2D eigenvalue weighted by Gasteiger charge is 2.25. The average Bonchev–Trinajstić information content (AvgIpc) is 2.52. The van der Waals surface area contributed by atoms with Gasteiger partial charge in [0, 0.05) is 30.2 Å². The van der Waals surface area contributed by atoms with Gasteiger partial charge in [0.2, 0.25) is 0 Å². The molecule has 1 rings (SSSR count). The third kappa shape index (κ3) is 4.03. The smallest absolute Gasteiger partial charge is 0.0666 e. The monoisotopic (exact) mass is 215 g/mol. The number of hydrogen-bond acceptors (Lipinski definition) is 3. The molecule has 0 aliphatic carbocycles. The van der Waals surface area contributed by atoms with Crippen molar-refractivity contribution in [3.05, 3.63) is 12.7 Å². The summed E-state index contributed by atoms with van der Waals surface area (Å²) in [5.41, 5.74) is 0. The van der Waals surface area contributed by atoms with Gasteiger partial charge in [-0.25, -0.2) is 0 Å². The molecular formula is C11H21NOS. The average molecular weight is 215 g/mol. The molecule has 1 aliphatic heterocycles. The fourth-order valence-corrected chi connectivity index (χ4v) is 2.97. The van der Waals surface area contributed by atoms with Crippen molar-refractivity contribution in [2.75, 3.05) is 19.7 Å². The van der Waals surface area contributed by atoms with Crippen LogP contribution in [0.1, 0.15) is 20.3 Å². The zero-order chi connectivity index (χ0) is 10.4. The van der Waals surface area contributed by atoms with Crippen LogP contribution >= 0.6 is 11.8 Å². The van der Waals surface area contributed by atoms with Crippen molar-refractivity contribution >= 4 is 11.8 Å². The first-order valence-corrected chi connectivity index (χ1v) is 6.27. The van der Waals surface area contributed by atoms with E-state index in [-0.39, 0.29) is 0 Å². The van der Waals surface area contributed by atoms with Crippen LogP contribution in [0.15, 0.2) is 12.7 Å². The van der Waals surface area contributed by atoms with Crippen molar-refractivity contribution in [2.45, 2.75) is 36.9 Å². The molecule has 0 aromatic rings. The minimum atomic E-state index is 0.432. The van der Waals surface area contributed by atoms with Gasteiger partial charge >= 0.3 is 0 Å². The third-order valence-corrected chi connectivity index (χ3v) is 4.03. The van der Waals surface area contributed by atoms with E-state index in [0.717, 1.165) is 19.7 Å². The van der Waals surface area contributed by atoms with Crippen molar-refractivity contribution in [3.8, 4) is 0 Å². The van der Waals surface area contributed by atoms with Gasteiger partial charge < -0.3 is 10.1 Å². The van der Waals surface area contributed by atoms with Crippen molar-refractivity contribution in [3.63, 3.8) is 0 Å². The molecule has 14 heavy (non-hydrogen) atoms. The van der Waals surface area contributed by atoms with E-state index in [0.29, 0.717) is 16.6 Å². The molecule has 1 N–H and O–H groups in total. The quantitative estimate of drug-likeness (QED) is 0.541. The van der Waals surface area contributed by atoms with Gasteiger partial charge in [-0.15, -0.1) is 6.58 Å². The van der Waals surface area contributed by atoms with Crippen LogP contribution in [-0.4, -0.2) is 36.3 Å². The maximum atomic E-state index is 5.53. The Morgan fingerprint density at radius 3 is 3.07 bits per heavy atom. The molecule has 82 valence electrons. The van der Waals surface area contributed by atoms with Gasteiger partial charge in [-0.2, -0.15) is 11.8 Å². The first-order chi connectivity index (χ1) is 6.74. The maximum absolute atomic E-state index is 5.53. The van der Waals surface area contributed by atoms with Crippen molar-refractivity contribution in [2.24, 2.45) is 0 Å². The summed E-state index contributed by atoms with van der Waals surface area (Å²) in [7, 11) is 0. The fraction of sp³-hybridized carbons (Fsp3) is 0.818. The van der Waals surface area contributed by atoms with E-state index in [1.54, 1.807) is 0 Å². The lowest BCUT2D eigenvalue weighted by Crippen LogP contribution is -2.26. The molecule has 0 radical (unpaired) electrons. The van der Waals surface area contributed by atoms with E-state index in [1.165, 1.54) is 6.42 Å². The van der Waals surface area contributed by atoms with Crippen molar-refractivity contribution < 1.29 is 4.74 Å². The molecule has 0 spiro atoms. The number of nitrogens with one attached hydrogen (secondary N) is 1. The molecule has 0 aromatic carbocycles. The molecular weight excluding hydrogens is 194 g/mol. The highest BCUT2D eigenvalue weighted by molar-refractivity contribution is 8.00. The summed E-state index contributed by atoms with van der Waals surface area (Å²) in [6, 6.07) is 0. The van der Waals surface area contributed by atoms with E-state index < -0.39 is 0 Å². The van der Waals surface area contributed by atoms with Gasteiger partial charge in [0.1, 0.15) is 0 Å². The zero-order valence-corrected chi connectivity index (χ0v) is 9.98. The van der Waals surface area contributed by atoms with Crippen LogP contribution in [0.2, 0.25) is 0 Å². The summed E-state index contributed by atoms with van der Waals surface area (Å²) in [6.45, 7) is 11.0. The summed E-state index contributed by atoms with van der Waals surface area (Å²) in [5.74, 6) is 0. The Hall–Kier alpha value is 0.01000. The lowest BCUT2D eigenvalue weighted by molar-refractivity contribution is 0.127. The second-order valence-electron chi connectivity index (χ2n) is 3.80. The first kappa shape index (κ1) is 12.1. The Bertz CT molecular complexity index is 175. The number of thioether (sulfide) groups is 1. The van der Waals surface area contributed by atoms with Crippen LogP contribution in [-0.2, 0) is 4.74 Å². The molecule has 3 atom stereocenters. The van der Waals surface area contributed by atoms with Gasteiger partial charge in [-0.05, 0) is 13.3 Å². The van der Waals surface area contributed by atoms with Crippen LogP contribution in [0.4, 0.5) is 0 Å². The second kappa shape index (κ2) is 6.49. The molecule has 3 unspecified atom stereocenters. The maximum Gasteiger partial charge on any atom is 0.0666 e. The van der Waals surface area contributed by atoms with Gasteiger partial charge in [0.15, 0.2) is 0 Å². The molecule has 0 saturated carbocycles. The number of hydrogen-bond donors (Lipinski definition) is 1. The normalized spacial score (nSPS) is 29.0. The van der Waals surface area contributed by atoms with Crippen LogP contribution in [0, 0.1) is 0 Å². The third-order valence-electron chi connectivity index (χ3n) is 2.43. The summed E-state index contributed by atoms with van der Waals surface area (Å²) >= 11 is 2.04. The van der Waals surface area contributed by atoms with E-state index in [1.807, 2.05) is 17.8 Å². The second-order valence-corrected chi connectivity index (χ2v) is 5.48. The number of ether oxygens (including phenoxy) is 1. The Kier molecular flexibility index (Phi) is 5.60. The Morgan fingerprint density at radius 2 is 2.50 bits per heavy atom. The minimum absolute atomic E-state index is 0.432. The standard InChI is InChI=1S/C11H21NOS/c1-4-6-12-8-9(2)14-11-5-7-13-10(11)3/h4,9-12H,1,5-8H2,2-3H3. The molecule has 1 heterocycles. The van der Waals surface area contributed by atoms with Gasteiger partial charge in [-0.1, -0.05) is 13.0 Å². The Morgan fingerprint density at radius 1 is 1.71 bits per heavy atom. The minimum Gasteiger partial charge on any atom is -0.377 e. The predicted molar refractivity (Wildman–Crippen MR) is 63.9 cm³/mol.